The van der Waals surface area contributed by atoms with E-state index in [-0.39, 0.29) is 0 Å². The number of hydrazine groups is 1. The number of halogens is 1. The highest BCUT2D eigenvalue weighted by molar-refractivity contribution is 5.90. The average Bonchev–Trinajstić information content (AvgIpc) is 2.68. The molecule has 0 fully saturated rings. The third-order valence-corrected chi connectivity index (χ3v) is 4.04. The minimum Gasteiger partial charge on any atom is -0.439 e. The van der Waals surface area contributed by atoms with Gasteiger partial charge in [0.1, 0.15) is 17.9 Å². The number of ether oxygens (including phenoxy) is 1. The van der Waals surface area contributed by atoms with Crippen LogP contribution in [-0.2, 0) is 11.2 Å². The van der Waals surface area contributed by atoms with Crippen molar-refractivity contribution in [1.29, 1.82) is 0 Å². The molecule has 0 unspecified atom stereocenters. The lowest BCUT2D eigenvalue weighted by molar-refractivity contribution is -0.121. The lowest BCUT2D eigenvalue weighted by Gasteiger charge is -2.14. The van der Waals surface area contributed by atoms with Gasteiger partial charge in [0.2, 0.25) is 5.88 Å². The molecule has 8 heteroatoms. The summed E-state index contributed by atoms with van der Waals surface area (Å²) in [4.78, 5) is 19.6. The van der Waals surface area contributed by atoms with Crippen LogP contribution in [0.1, 0.15) is 16.8 Å². The number of aromatic nitrogens is 1. The van der Waals surface area contributed by atoms with Gasteiger partial charge in [-0.1, -0.05) is 25.3 Å². The first-order chi connectivity index (χ1) is 14.2. The summed E-state index contributed by atoms with van der Waals surface area (Å²) >= 11 is 0. The smallest absolute Gasteiger partial charge is 0.297 e. The van der Waals surface area contributed by atoms with Crippen molar-refractivity contribution < 1.29 is 13.9 Å². The molecular formula is C22H26FN5O2. The van der Waals surface area contributed by atoms with E-state index in [0.29, 0.717) is 18.2 Å². The van der Waals surface area contributed by atoms with Crippen LogP contribution in [-0.4, -0.2) is 35.8 Å². The Morgan fingerprint density at radius 2 is 2.07 bits per heavy atom. The Labute approximate surface area is 176 Å². The second-order valence-electron chi connectivity index (χ2n) is 6.63. The highest BCUT2D eigenvalue weighted by atomic mass is 19.1. The fraction of sp³-hybridized carbons (Fsp3) is 0.227. The molecule has 0 spiro atoms. The van der Waals surface area contributed by atoms with Crippen LogP contribution >= 0.6 is 0 Å². The molecule has 7 nitrogen and oxygen atoms in total. The van der Waals surface area contributed by atoms with E-state index >= 15 is 0 Å². The standard InChI is InChI=1S/C22H26FN5O2/c1-15-9-10-20(30-21-8-6-7-16(2)26-21)13-19(15)11-12-24-18(4)25-14-28(5)27-22(29)17(3)23/h6-10,13-14,24H,3-4,11-12H2,1-2,5H3,(H,27,29)/b25-14-. The molecule has 0 atom stereocenters. The normalized spacial score (nSPS) is 10.5. The third-order valence-electron chi connectivity index (χ3n) is 4.04. The second kappa shape index (κ2) is 10.8. The zero-order chi connectivity index (χ0) is 22.1. The van der Waals surface area contributed by atoms with Crippen LogP contribution in [0.3, 0.4) is 0 Å². The van der Waals surface area contributed by atoms with Crippen LogP contribution in [0, 0.1) is 13.8 Å². The Balaban J connectivity index is 1.86. The molecule has 2 N–H and O–H groups in total. The molecule has 30 heavy (non-hydrogen) atoms. The topological polar surface area (TPSA) is 78.9 Å². The van der Waals surface area contributed by atoms with Gasteiger partial charge in [-0.2, -0.15) is 0 Å². The van der Waals surface area contributed by atoms with Crippen molar-refractivity contribution in [3.63, 3.8) is 0 Å². The molecule has 0 aliphatic carbocycles. The Morgan fingerprint density at radius 3 is 2.77 bits per heavy atom. The van der Waals surface area contributed by atoms with Crippen LogP contribution in [0.4, 0.5) is 4.39 Å². The predicted octanol–water partition coefficient (Wildman–Crippen LogP) is 3.57. The van der Waals surface area contributed by atoms with E-state index < -0.39 is 11.7 Å². The quantitative estimate of drug-likeness (QED) is 0.270. The number of aryl methyl sites for hydroxylation is 2. The number of nitrogens with one attached hydrogen (secondary N) is 2. The summed E-state index contributed by atoms with van der Waals surface area (Å²) in [5, 5.41) is 4.30. The molecule has 0 bridgehead atoms. The molecule has 0 radical (unpaired) electrons. The van der Waals surface area contributed by atoms with Crippen LogP contribution in [0.5, 0.6) is 11.6 Å². The SMILES string of the molecule is C=C(/N=C\N(C)NC(=O)C(=C)F)NCCc1cc(Oc2cccc(C)n2)ccc1C. The fourth-order valence-corrected chi connectivity index (χ4v) is 2.47. The summed E-state index contributed by atoms with van der Waals surface area (Å²) in [6.07, 6.45) is 2.04. The van der Waals surface area contributed by atoms with Gasteiger partial charge in [0.25, 0.3) is 5.91 Å². The third kappa shape index (κ3) is 7.38. The molecule has 1 amide bonds. The number of carbonyl (C=O) groups excluding carboxylic acids is 1. The van der Waals surface area contributed by atoms with Gasteiger partial charge >= 0.3 is 0 Å². The molecule has 2 aromatic rings. The van der Waals surface area contributed by atoms with Gasteiger partial charge in [-0.15, -0.1) is 0 Å². The molecule has 2 rings (SSSR count). The predicted molar refractivity (Wildman–Crippen MR) is 116 cm³/mol. The lowest BCUT2D eigenvalue weighted by atomic mass is 10.1. The number of pyridine rings is 1. The van der Waals surface area contributed by atoms with E-state index in [2.05, 4.69) is 33.9 Å². The zero-order valence-electron chi connectivity index (χ0n) is 17.4. The number of hydrogen-bond donors (Lipinski definition) is 2. The van der Waals surface area contributed by atoms with Crippen LogP contribution in [0.2, 0.25) is 0 Å². The summed E-state index contributed by atoms with van der Waals surface area (Å²) in [6, 6.07) is 11.5. The van der Waals surface area contributed by atoms with E-state index in [0.717, 1.165) is 29.0 Å². The average molecular weight is 411 g/mol. The molecule has 158 valence electrons. The van der Waals surface area contributed by atoms with Gasteiger partial charge in [-0.25, -0.2) is 14.4 Å². The van der Waals surface area contributed by atoms with Crippen LogP contribution < -0.4 is 15.5 Å². The summed E-state index contributed by atoms with van der Waals surface area (Å²) < 4.78 is 18.5. The molecule has 1 heterocycles. The molecular weight excluding hydrogens is 385 g/mol. The van der Waals surface area contributed by atoms with Crippen molar-refractivity contribution in [3.8, 4) is 11.6 Å². The Bertz CT molecular complexity index is 958. The van der Waals surface area contributed by atoms with Gasteiger partial charge in [-0.05, 0) is 49.6 Å². The molecule has 0 saturated heterocycles. The monoisotopic (exact) mass is 411 g/mol. The summed E-state index contributed by atoms with van der Waals surface area (Å²) in [5.41, 5.74) is 5.39. The Kier molecular flexibility index (Phi) is 8.10. The van der Waals surface area contributed by atoms with Crippen LogP contribution in [0.25, 0.3) is 0 Å². The van der Waals surface area contributed by atoms with E-state index in [1.165, 1.54) is 18.4 Å². The maximum absolute atomic E-state index is 12.7. The minimum atomic E-state index is -1.08. The van der Waals surface area contributed by atoms with Gasteiger partial charge in [0, 0.05) is 25.4 Å². The van der Waals surface area contributed by atoms with Gasteiger partial charge in [0.05, 0.1) is 0 Å². The zero-order valence-corrected chi connectivity index (χ0v) is 17.4. The first-order valence-corrected chi connectivity index (χ1v) is 9.31. The first kappa shape index (κ1) is 22.6. The number of hydrogen-bond acceptors (Lipinski definition) is 5. The van der Waals surface area contributed by atoms with E-state index in [1.807, 2.05) is 50.2 Å². The number of amides is 1. The molecule has 1 aromatic heterocycles. The van der Waals surface area contributed by atoms with E-state index in [1.54, 1.807) is 0 Å². The summed E-state index contributed by atoms with van der Waals surface area (Å²) in [5.74, 6) is -0.326. The number of carbonyl (C=O) groups is 1. The van der Waals surface area contributed by atoms with Crippen molar-refractivity contribution in [3.05, 3.63) is 78.0 Å². The molecule has 1 aromatic carbocycles. The highest BCUT2D eigenvalue weighted by Crippen LogP contribution is 2.23. The van der Waals surface area contributed by atoms with Gasteiger partial charge in [-0.3, -0.25) is 15.2 Å². The lowest BCUT2D eigenvalue weighted by Crippen LogP contribution is -2.38. The molecule has 0 aliphatic rings. The van der Waals surface area contributed by atoms with E-state index in [9.17, 15) is 9.18 Å². The first-order valence-electron chi connectivity index (χ1n) is 9.31. The Hall–Kier alpha value is -3.68. The van der Waals surface area contributed by atoms with Gasteiger partial charge in [0.15, 0.2) is 5.83 Å². The molecule has 0 saturated carbocycles. The number of aliphatic imine (C=N–C) groups is 1. The van der Waals surface area contributed by atoms with Gasteiger partial charge < -0.3 is 10.1 Å². The number of benzene rings is 1. The largest absolute Gasteiger partial charge is 0.439 e. The fourth-order valence-electron chi connectivity index (χ4n) is 2.47. The van der Waals surface area contributed by atoms with Crippen molar-refractivity contribution in [2.24, 2.45) is 4.99 Å². The maximum atomic E-state index is 12.7. The molecule has 0 aliphatic heterocycles. The highest BCUT2D eigenvalue weighted by Gasteiger charge is 2.06. The summed E-state index contributed by atoms with van der Waals surface area (Å²) in [7, 11) is 1.51. The number of nitrogens with zero attached hydrogens (tertiary/aromatic N) is 3. The van der Waals surface area contributed by atoms with Crippen molar-refractivity contribution >= 4 is 12.2 Å². The van der Waals surface area contributed by atoms with Crippen molar-refractivity contribution in [2.75, 3.05) is 13.6 Å². The van der Waals surface area contributed by atoms with E-state index in [4.69, 9.17) is 4.74 Å². The summed E-state index contributed by atoms with van der Waals surface area (Å²) in [6.45, 7) is 11.3. The maximum Gasteiger partial charge on any atom is 0.297 e. The van der Waals surface area contributed by atoms with Crippen LogP contribution in [0.15, 0.2) is 66.2 Å². The minimum absolute atomic E-state index is 0.407. The van der Waals surface area contributed by atoms with Crippen molar-refractivity contribution in [2.45, 2.75) is 20.3 Å². The van der Waals surface area contributed by atoms with Crippen molar-refractivity contribution in [1.82, 2.24) is 20.7 Å². The number of rotatable bonds is 10. The Morgan fingerprint density at radius 1 is 1.30 bits per heavy atom. The second-order valence-corrected chi connectivity index (χ2v) is 6.63.